The van der Waals surface area contributed by atoms with Crippen molar-refractivity contribution in [3.8, 4) is 0 Å². The van der Waals surface area contributed by atoms with Gasteiger partial charge < -0.3 is 14.2 Å². The summed E-state index contributed by atoms with van der Waals surface area (Å²) in [6.45, 7) is 4.56. The molecule has 0 aromatic carbocycles. The first-order chi connectivity index (χ1) is 5.20. The van der Waals surface area contributed by atoms with Gasteiger partial charge in [0.05, 0.1) is 13.2 Å². The van der Waals surface area contributed by atoms with Gasteiger partial charge in [-0.05, 0) is 13.8 Å². The van der Waals surface area contributed by atoms with Gasteiger partial charge in [-0.2, -0.15) is 0 Å². The minimum absolute atomic E-state index is 0.0703. The van der Waals surface area contributed by atoms with Crippen LogP contribution in [-0.2, 0) is 14.2 Å². The Hall–Kier alpha value is -0.770. The highest BCUT2D eigenvalue weighted by atomic mass is 16.7. The van der Waals surface area contributed by atoms with Gasteiger partial charge in [-0.25, -0.2) is 4.79 Å². The van der Waals surface area contributed by atoms with Crippen molar-refractivity contribution in [1.29, 1.82) is 0 Å². The monoisotopic (exact) mass is 162 g/mol. The fourth-order valence-corrected chi connectivity index (χ4v) is 0.577. The minimum Gasteiger partial charge on any atom is -0.438 e. The van der Waals surface area contributed by atoms with E-state index in [4.69, 9.17) is 4.74 Å². The molecule has 0 aliphatic rings. The molecule has 1 unspecified atom stereocenters. The number of rotatable bonds is 4. The van der Waals surface area contributed by atoms with Crippen LogP contribution in [0.15, 0.2) is 0 Å². The van der Waals surface area contributed by atoms with E-state index in [0.717, 1.165) is 0 Å². The molecule has 1 atom stereocenters. The van der Waals surface area contributed by atoms with E-state index in [1.807, 2.05) is 13.8 Å². The van der Waals surface area contributed by atoms with Crippen molar-refractivity contribution in [3.63, 3.8) is 0 Å². The molecule has 0 N–H and O–H groups in total. The van der Waals surface area contributed by atoms with E-state index < -0.39 is 6.16 Å². The first kappa shape index (κ1) is 10.2. The third-order valence-corrected chi connectivity index (χ3v) is 1.05. The average molecular weight is 162 g/mol. The van der Waals surface area contributed by atoms with E-state index in [-0.39, 0.29) is 12.7 Å². The highest BCUT2D eigenvalue weighted by Gasteiger charge is 2.05. The van der Waals surface area contributed by atoms with Crippen molar-refractivity contribution in [1.82, 2.24) is 0 Å². The Labute approximate surface area is 66.4 Å². The molecule has 4 nitrogen and oxygen atoms in total. The smallest absolute Gasteiger partial charge is 0.438 e. The SMILES string of the molecule is CCOC(C)COC(=O)OC. The van der Waals surface area contributed by atoms with Gasteiger partial charge >= 0.3 is 6.16 Å². The van der Waals surface area contributed by atoms with Crippen molar-refractivity contribution in [2.24, 2.45) is 0 Å². The molecule has 0 fully saturated rings. The Bertz CT molecular complexity index is 113. The number of carbonyl (C=O) groups is 1. The van der Waals surface area contributed by atoms with Gasteiger partial charge in [0.1, 0.15) is 6.61 Å². The normalized spacial score (nSPS) is 12.3. The number of methoxy groups -OCH3 is 1. The standard InChI is InChI=1S/C7H14O4/c1-4-10-6(2)5-11-7(8)9-3/h6H,4-5H2,1-3H3. The molecule has 0 aromatic heterocycles. The maximum absolute atomic E-state index is 10.4. The number of hydrogen-bond donors (Lipinski definition) is 0. The minimum atomic E-state index is -0.670. The maximum atomic E-state index is 10.4. The summed E-state index contributed by atoms with van der Waals surface area (Å²) < 4.78 is 14.0. The zero-order valence-corrected chi connectivity index (χ0v) is 7.12. The summed E-state index contributed by atoms with van der Waals surface area (Å²) in [5.41, 5.74) is 0. The summed E-state index contributed by atoms with van der Waals surface area (Å²) in [6, 6.07) is 0. The van der Waals surface area contributed by atoms with Crippen molar-refractivity contribution in [2.75, 3.05) is 20.3 Å². The van der Waals surface area contributed by atoms with Crippen LogP contribution < -0.4 is 0 Å². The van der Waals surface area contributed by atoms with Crippen LogP contribution in [-0.4, -0.2) is 32.6 Å². The largest absolute Gasteiger partial charge is 0.508 e. The van der Waals surface area contributed by atoms with E-state index in [1.54, 1.807) is 0 Å². The van der Waals surface area contributed by atoms with Crippen LogP contribution in [0.2, 0.25) is 0 Å². The van der Waals surface area contributed by atoms with Crippen molar-refractivity contribution >= 4 is 6.16 Å². The summed E-state index contributed by atoms with van der Waals surface area (Å²) in [5, 5.41) is 0. The Kier molecular flexibility index (Phi) is 5.56. The van der Waals surface area contributed by atoms with Crippen molar-refractivity contribution in [3.05, 3.63) is 0 Å². The summed E-state index contributed by atoms with van der Waals surface area (Å²) >= 11 is 0. The van der Waals surface area contributed by atoms with E-state index in [0.29, 0.717) is 6.61 Å². The predicted molar refractivity (Wildman–Crippen MR) is 39.4 cm³/mol. The van der Waals surface area contributed by atoms with Crippen LogP contribution in [0.5, 0.6) is 0 Å². The molecule has 0 heterocycles. The molecular weight excluding hydrogens is 148 g/mol. The zero-order valence-electron chi connectivity index (χ0n) is 7.12. The Morgan fingerprint density at radius 1 is 1.55 bits per heavy atom. The van der Waals surface area contributed by atoms with Gasteiger partial charge in [-0.3, -0.25) is 0 Å². The lowest BCUT2D eigenvalue weighted by Crippen LogP contribution is -2.18. The van der Waals surface area contributed by atoms with Crippen molar-refractivity contribution in [2.45, 2.75) is 20.0 Å². The maximum Gasteiger partial charge on any atom is 0.508 e. The first-order valence-corrected chi connectivity index (χ1v) is 3.53. The summed E-state index contributed by atoms with van der Waals surface area (Å²) in [6.07, 6.45) is -0.740. The van der Waals surface area contributed by atoms with Gasteiger partial charge in [0.2, 0.25) is 0 Å². The summed E-state index contributed by atoms with van der Waals surface area (Å²) in [5.74, 6) is 0. The molecular formula is C7H14O4. The fraction of sp³-hybridized carbons (Fsp3) is 0.857. The van der Waals surface area contributed by atoms with Gasteiger partial charge in [-0.15, -0.1) is 0 Å². The molecule has 0 rings (SSSR count). The fourth-order valence-electron chi connectivity index (χ4n) is 0.577. The first-order valence-electron chi connectivity index (χ1n) is 3.53. The molecule has 0 radical (unpaired) electrons. The van der Waals surface area contributed by atoms with E-state index in [9.17, 15) is 4.79 Å². The molecule has 66 valence electrons. The lowest BCUT2D eigenvalue weighted by molar-refractivity contribution is 0.00126. The molecule has 4 heteroatoms. The zero-order chi connectivity index (χ0) is 8.69. The Morgan fingerprint density at radius 3 is 2.64 bits per heavy atom. The van der Waals surface area contributed by atoms with Crippen molar-refractivity contribution < 1.29 is 19.0 Å². The van der Waals surface area contributed by atoms with Crippen LogP contribution in [0.25, 0.3) is 0 Å². The quantitative estimate of drug-likeness (QED) is 0.582. The molecule has 11 heavy (non-hydrogen) atoms. The highest BCUT2D eigenvalue weighted by molar-refractivity contribution is 5.59. The molecule has 0 amide bonds. The summed E-state index contributed by atoms with van der Waals surface area (Å²) in [4.78, 5) is 10.4. The van der Waals surface area contributed by atoms with E-state index in [2.05, 4.69) is 9.47 Å². The van der Waals surface area contributed by atoms with Crippen LogP contribution in [0, 0.1) is 0 Å². The average Bonchev–Trinajstić information content (AvgIpc) is 2.01. The van der Waals surface area contributed by atoms with Gasteiger partial charge in [0.25, 0.3) is 0 Å². The molecule has 0 saturated carbocycles. The Balaban J connectivity index is 3.29. The van der Waals surface area contributed by atoms with Crippen LogP contribution in [0.4, 0.5) is 4.79 Å². The molecule has 0 saturated heterocycles. The number of ether oxygens (including phenoxy) is 3. The van der Waals surface area contributed by atoms with Crippen LogP contribution >= 0.6 is 0 Å². The van der Waals surface area contributed by atoms with Crippen LogP contribution in [0.1, 0.15) is 13.8 Å². The van der Waals surface area contributed by atoms with Gasteiger partial charge in [0.15, 0.2) is 0 Å². The predicted octanol–water partition coefficient (Wildman–Crippen LogP) is 1.19. The molecule has 0 aliphatic heterocycles. The third-order valence-electron chi connectivity index (χ3n) is 1.05. The topological polar surface area (TPSA) is 44.8 Å². The second kappa shape index (κ2) is 5.97. The van der Waals surface area contributed by atoms with Crippen LogP contribution in [0.3, 0.4) is 0 Å². The molecule has 0 aliphatic carbocycles. The number of hydrogen-bond acceptors (Lipinski definition) is 4. The van der Waals surface area contributed by atoms with Gasteiger partial charge in [0, 0.05) is 6.61 Å². The van der Waals surface area contributed by atoms with E-state index >= 15 is 0 Å². The van der Waals surface area contributed by atoms with E-state index in [1.165, 1.54) is 7.11 Å². The Morgan fingerprint density at radius 2 is 2.18 bits per heavy atom. The molecule has 0 spiro atoms. The lowest BCUT2D eigenvalue weighted by atomic mass is 10.4. The third kappa shape index (κ3) is 5.66. The highest BCUT2D eigenvalue weighted by Crippen LogP contribution is 1.92. The number of carbonyl (C=O) groups excluding carboxylic acids is 1. The second-order valence-electron chi connectivity index (χ2n) is 2.03. The lowest BCUT2D eigenvalue weighted by Gasteiger charge is -2.10. The van der Waals surface area contributed by atoms with Gasteiger partial charge in [-0.1, -0.05) is 0 Å². The second-order valence-corrected chi connectivity index (χ2v) is 2.03. The molecule has 0 aromatic rings. The summed E-state index contributed by atoms with van der Waals surface area (Å²) in [7, 11) is 1.27. The molecule has 0 bridgehead atoms.